The first-order valence-electron chi connectivity index (χ1n) is 11.3. The first-order chi connectivity index (χ1) is 16.6. The molecule has 0 spiro atoms. The predicted molar refractivity (Wildman–Crippen MR) is 126 cm³/mol. The summed E-state index contributed by atoms with van der Waals surface area (Å²) in [6.07, 6.45) is 7.53. The fourth-order valence-electron chi connectivity index (χ4n) is 4.87. The average molecular weight is 463 g/mol. The number of aryl methyl sites for hydroxylation is 1. The number of nitrogens with one attached hydrogen (secondary N) is 2. The van der Waals surface area contributed by atoms with Gasteiger partial charge in [0.15, 0.2) is 5.75 Å². The molecule has 34 heavy (non-hydrogen) atoms. The van der Waals surface area contributed by atoms with E-state index in [-0.39, 0.29) is 23.6 Å². The lowest BCUT2D eigenvalue weighted by Crippen LogP contribution is -2.18. The second kappa shape index (κ2) is 8.12. The zero-order chi connectivity index (χ0) is 23.2. The van der Waals surface area contributed by atoms with E-state index in [2.05, 4.69) is 25.8 Å². The number of fused-ring (bicyclic) bond motifs is 6. The number of ether oxygens (including phenoxy) is 1. The summed E-state index contributed by atoms with van der Waals surface area (Å²) in [5.41, 5.74) is 9.13. The van der Waals surface area contributed by atoms with Crippen molar-refractivity contribution >= 4 is 33.4 Å². The molecule has 0 bridgehead atoms. The number of hydrogen-bond acceptors (Lipinski definition) is 6. The molecule has 1 aliphatic carbocycles. The number of nitrogens with zero attached hydrogens (tertiary/aromatic N) is 4. The quantitative estimate of drug-likeness (QED) is 0.347. The number of hydrogen-bond donors (Lipinski definition) is 3. The van der Waals surface area contributed by atoms with Crippen LogP contribution in [0, 0.1) is 5.82 Å². The fraction of sp³-hybridized carbons (Fsp3) is 0.292. The fourth-order valence-corrected chi connectivity index (χ4v) is 4.87. The van der Waals surface area contributed by atoms with Crippen LogP contribution in [0.4, 0.5) is 20.4 Å². The molecular formula is C24H23F2N7O. The smallest absolute Gasteiger partial charge is 0.240 e. The van der Waals surface area contributed by atoms with Crippen molar-refractivity contribution in [1.29, 1.82) is 0 Å². The van der Waals surface area contributed by atoms with Crippen LogP contribution in [-0.4, -0.2) is 37.8 Å². The van der Waals surface area contributed by atoms with Crippen molar-refractivity contribution in [2.45, 2.75) is 37.8 Å². The van der Waals surface area contributed by atoms with Gasteiger partial charge in [0.1, 0.15) is 11.6 Å². The molecule has 6 rings (SSSR count). The Morgan fingerprint density at radius 3 is 2.88 bits per heavy atom. The van der Waals surface area contributed by atoms with Crippen molar-refractivity contribution in [1.82, 2.24) is 25.2 Å². The molecule has 2 unspecified atom stereocenters. The van der Waals surface area contributed by atoms with Crippen LogP contribution < -0.4 is 15.8 Å². The Labute approximate surface area is 193 Å². The van der Waals surface area contributed by atoms with Crippen molar-refractivity contribution < 1.29 is 13.5 Å². The third-order valence-corrected chi connectivity index (χ3v) is 6.52. The van der Waals surface area contributed by atoms with Gasteiger partial charge in [0, 0.05) is 28.8 Å². The molecular weight excluding hydrogens is 440 g/mol. The first kappa shape index (κ1) is 20.6. The molecule has 2 aliphatic rings. The van der Waals surface area contributed by atoms with E-state index in [0.717, 1.165) is 52.3 Å². The molecule has 0 fully saturated rings. The van der Waals surface area contributed by atoms with Crippen LogP contribution in [0.15, 0.2) is 48.3 Å². The highest BCUT2D eigenvalue weighted by Crippen LogP contribution is 2.49. The number of aromatic nitrogens is 5. The van der Waals surface area contributed by atoms with E-state index in [1.807, 2.05) is 12.1 Å². The number of halogens is 2. The summed E-state index contributed by atoms with van der Waals surface area (Å²) >= 11 is 0. The number of anilines is 2. The van der Waals surface area contributed by atoms with Gasteiger partial charge in [0.05, 0.1) is 23.9 Å². The Hall–Kier alpha value is -3.95. The van der Waals surface area contributed by atoms with Gasteiger partial charge in [-0.05, 0) is 71.7 Å². The molecule has 0 radical (unpaired) electrons. The van der Waals surface area contributed by atoms with Crippen LogP contribution in [0.25, 0.3) is 21.8 Å². The van der Waals surface area contributed by atoms with Crippen molar-refractivity contribution in [2.24, 2.45) is 0 Å². The first-order valence-corrected chi connectivity index (χ1v) is 11.3. The van der Waals surface area contributed by atoms with Gasteiger partial charge in [-0.15, -0.1) is 0 Å². The Morgan fingerprint density at radius 1 is 1.12 bits per heavy atom. The van der Waals surface area contributed by atoms with Gasteiger partial charge in [0.25, 0.3) is 0 Å². The standard InChI is InChI=1S/C24H23F2N7O/c25-13-4-6-19-15(10-13)17-12-18-16-11-14(26)5-7-20(16)29-22(18)23(21(17)28-19)34-9-3-1-2-8-33-24(27)30-31-32-33/h4-7,10-12,15,19,28-29H,1-3,8-9H2,(H2,27,30,32). The molecule has 3 heterocycles. The second-order valence-electron chi connectivity index (χ2n) is 8.68. The largest absolute Gasteiger partial charge is 0.489 e. The van der Waals surface area contributed by atoms with Crippen LogP contribution >= 0.6 is 0 Å². The zero-order valence-electron chi connectivity index (χ0n) is 18.3. The third kappa shape index (κ3) is 3.46. The van der Waals surface area contributed by atoms with Gasteiger partial charge < -0.3 is 20.8 Å². The topological polar surface area (TPSA) is 107 Å². The lowest BCUT2D eigenvalue weighted by molar-refractivity contribution is 0.307. The number of nitrogens with two attached hydrogens (primary N) is 1. The highest BCUT2D eigenvalue weighted by atomic mass is 19.1. The minimum absolute atomic E-state index is 0.0481. The molecule has 2 atom stereocenters. The maximum absolute atomic E-state index is 14.1. The van der Waals surface area contributed by atoms with Gasteiger partial charge in [-0.3, -0.25) is 0 Å². The second-order valence-corrected chi connectivity index (χ2v) is 8.68. The van der Waals surface area contributed by atoms with E-state index in [1.54, 1.807) is 16.8 Å². The van der Waals surface area contributed by atoms with Crippen molar-refractivity contribution in [2.75, 3.05) is 17.7 Å². The van der Waals surface area contributed by atoms with Crippen molar-refractivity contribution in [3.05, 3.63) is 59.7 Å². The number of unbranched alkanes of at least 4 members (excludes halogenated alkanes) is 2. The molecule has 0 saturated heterocycles. The molecule has 174 valence electrons. The van der Waals surface area contributed by atoms with Crippen LogP contribution in [0.1, 0.15) is 30.7 Å². The lowest BCUT2D eigenvalue weighted by Gasteiger charge is -2.16. The highest BCUT2D eigenvalue weighted by Gasteiger charge is 2.35. The molecule has 2 aromatic carbocycles. The van der Waals surface area contributed by atoms with Crippen molar-refractivity contribution in [3.63, 3.8) is 0 Å². The molecule has 4 aromatic rings. The lowest BCUT2D eigenvalue weighted by atomic mass is 9.90. The number of allylic oxidation sites excluding steroid dienone is 2. The number of H-pyrrole nitrogens is 1. The van der Waals surface area contributed by atoms with E-state index in [0.29, 0.717) is 24.8 Å². The van der Waals surface area contributed by atoms with Gasteiger partial charge in [-0.1, -0.05) is 11.2 Å². The molecule has 2 aromatic heterocycles. The third-order valence-electron chi connectivity index (χ3n) is 6.52. The highest BCUT2D eigenvalue weighted by molar-refractivity contribution is 6.11. The van der Waals surface area contributed by atoms with E-state index in [1.165, 1.54) is 18.2 Å². The monoisotopic (exact) mass is 463 g/mol. The Bertz CT molecular complexity index is 1450. The van der Waals surface area contributed by atoms with E-state index >= 15 is 0 Å². The number of aromatic amines is 1. The summed E-state index contributed by atoms with van der Waals surface area (Å²) in [7, 11) is 0. The summed E-state index contributed by atoms with van der Waals surface area (Å²) in [5, 5.41) is 16.2. The molecule has 8 nitrogen and oxygen atoms in total. The Balaban J connectivity index is 1.29. The van der Waals surface area contributed by atoms with Crippen LogP contribution in [0.2, 0.25) is 0 Å². The number of benzene rings is 2. The SMILES string of the molecule is Nc1nnnn1CCCCCOc1c2c(cc3c1[nH]c1ccc(F)cc13)C1C=C(F)C=CC1N2. The van der Waals surface area contributed by atoms with Gasteiger partial charge >= 0.3 is 0 Å². The van der Waals surface area contributed by atoms with Crippen LogP contribution in [0.5, 0.6) is 5.75 Å². The van der Waals surface area contributed by atoms with E-state index in [4.69, 9.17) is 10.5 Å². The number of rotatable bonds is 7. The molecule has 0 amide bonds. The average Bonchev–Trinajstić information content (AvgIpc) is 3.50. The predicted octanol–water partition coefficient (Wildman–Crippen LogP) is 4.58. The maximum Gasteiger partial charge on any atom is 0.240 e. The summed E-state index contributed by atoms with van der Waals surface area (Å²) in [6, 6.07) is 6.65. The van der Waals surface area contributed by atoms with Crippen LogP contribution in [-0.2, 0) is 6.54 Å². The normalized spacial score (nSPS) is 18.7. The maximum atomic E-state index is 14.1. The van der Waals surface area contributed by atoms with Gasteiger partial charge in [0.2, 0.25) is 5.95 Å². The van der Waals surface area contributed by atoms with Gasteiger partial charge in [-0.2, -0.15) is 0 Å². The summed E-state index contributed by atoms with van der Waals surface area (Å²) < 4.78 is 36.0. The number of tetrazole rings is 1. The molecule has 0 saturated carbocycles. The van der Waals surface area contributed by atoms with E-state index in [9.17, 15) is 8.78 Å². The Morgan fingerprint density at radius 2 is 2.03 bits per heavy atom. The summed E-state index contributed by atoms with van der Waals surface area (Å²) in [6.45, 7) is 1.14. The zero-order valence-corrected chi connectivity index (χ0v) is 18.3. The Kier molecular flexibility index (Phi) is 4.93. The minimum Gasteiger partial charge on any atom is -0.489 e. The minimum atomic E-state index is -0.304. The van der Waals surface area contributed by atoms with Gasteiger partial charge in [-0.25, -0.2) is 13.5 Å². The molecule has 1 aliphatic heterocycles. The van der Waals surface area contributed by atoms with Crippen LogP contribution in [0.3, 0.4) is 0 Å². The molecule has 4 N–H and O–H groups in total. The summed E-state index contributed by atoms with van der Waals surface area (Å²) in [4.78, 5) is 3.39. The molecule has 10 heteroatoms. The van der Waals surface area contributed by atoms with E-state index < -0.39 is 0 Å². The summed E-state index contributed by atoms with van der Waals surface area (Å²) in [5.74, 6) is 0.284. The number of nitrogen functional groups attached to an aromatic ring is 1. The van der Waals surface area contributed by atoms with Crippen molar-refractivity contribution in [3.8, 4) is 5.75 Å².